The fourth-order valence-corrected chi connectivity index (χ4v) is 1.72. The Morgan fingerprint density at radius 3 is 2.39 bits per heavy atom. The van der Waals surface area contributed by atoms with E-state index in [1.54, 1.807) is 36.1 Å². The topological polar surface area (TPSA) is 70.0 Å². The van der Waals surface area contributed by atoms with E-state index in [2.05, 4.69) is 0 Å². The summed E-state index contributed by atoms with van der Waals surface area (Å²) in [6.07, 6.45) is 0. The SMILES string of the molecule is CCOC(=O)c1ccccc1N(CCO)CCO. The van der Waals surface area contributed by atoms with Crippen LogP contribution in [-0.4, -0.2) is 49.1 Å². The normalized spacial score (nSPS) is 10.2. The van der Waals surface area contributed by atoms with E-state index < -0.39 is 5.97 Å². The lowest BCUT2D eigenvalue weighted by molar-refractivity contribution is 0.0527. The second-order valence-corrected chi connectivity index (χ2v) is 3.67. The first-order valence-corrected chi connectivity index (χ1v) is 5.97. The summed E-state index contributed by atoms with van der Waals surface area (Å²) in [5.74, 6) is -0.394. The van der Waals surface area contributed by atoms with E-state index in [0.717, 1.165) is 0 Å². The number of benzene rings is 1. The van der Waals surface area contributed by atoms with Crippen molar-refractivity contribution < 1.29 is 19.7 Å². The number of nitrogens with zero attached hydrogens (tertiary/aromatic N) is 1. The molecule has 0 atom stereocenters. The number of hydrogen-bond acceptors (Lipinski definition) is 5. The van der Waals surface area contributed by atoms with Crippen molar-refractivity contribution in [2.24, 2.45) is 0 Å². The van der Waals surface area contributed by atoms with Crippen LogP contribution in [0.4, 0.5) is 5.69 Å². The Balaban J connectivity index is 3.01. The molecule has 0 aliphatic rings. The highest BCUT2D eigenvalue weighted by molar-refractivity contribution is 5.95. The fraction of sp³-hybridized carbons (Fsp3) is 0.462. The quantitative estimate of drug-likeness (QED) is 0.698. The molecule has 1 aromatic rings. The lowest BCUT2D eigenvalue weighted by Crippen LogP contribution is -2.31. The van der Waals surface area contributed by atoms with Crippen molar-refractivity contribution in [3.8, 4) is 0 Å². The molecule has 18 heavy (non-hydrogen) atoms. The van der Waals surface area contributed by atoms with Crippen molar-refractivity contribution in [3.63, 3.8) is 0 Å². The molecule has 0 heterocycles. The van der Waals surface area contributed by atoms with Crippen LogP contribution in [-0.2, 0) is 4.74 Å². The molecule has 1 aromatic carbocycles. The number of carbonyl (C=O) groups is 1. The van der Waals surface area contributed by atoms with Gasteiger partial charge in [0.2, 0.25) is 0 Å². The number of aliphatic hydroxyl groups excluding tert-OH is 2. The minimum absolute atomic E-state index is 0.0445. The van der Waals surface area contributed by atoms with E-state index in [1.165, 1.54) is 0 Å². The maximum Gasteiger partial charge on any atom is 0.340 e. The van der Waals surface area contributed by atoms with Crippen LogP contribution in [0.3, 0.4) is 0 Å². The van der Waals surface area contributed by atoms with Crippen LogP contribution in [0.15, 0.2) is 24.3 Å². The van der Waals surface area contributed by atoms with E-state index >= 15 is 0 Å². The molecule has 0 saturated carbocycles. The third-order valence-electron chi connectivity index (χ3n) is 2.48. The molecule has 5 nitrogen and oxygen atoms in total. The highest BCUT2D eigenvalue weighted by Gasteiger charge is 2.16. The Bertz CT molecular complexity index is 375. The lowest BCUT2D eigenvalue weighted by Gasteiger charge is -2.24. The maximum atomic E-state index is 11.8. The molecule has 0 aromatic heterocycles. The third-order valence-corrected chi connectivity index (χ3v) is 2.48. The number of rotatable bonds is 7. The van der Waals surface area contributed by atoms with Gasteiger partial charge in [-0.05, 0) is 19.1 Å². The summed E-state index contributed by atoms with van der Waals surface area (Å²) < 4.78 is 4.98. The summed E-state index contributed by atoms with van der Waals surface area (Å²) in [6, 6.07) is 7.01. The smallest absolute Gasteiger partial charge is 0.340 e. The first kappa shape index (κ1) is 14.5. The molecule has 0 spiro atoms. The van der Waals surface area contributed by atoms with E-state index in [-0.39, 0.29) is 13.2 Å². The Morgan fingerprint density at radius 2 is 1.83 bits per heavy atom. The molecule has 2 N–H and O–H groups in total. The van der Waals surface area contributed by atoms with Gasteiger partial charge in [-0.1, -0.05) is 12.1 Å². The zero-order valence-electron chi connectivity index (χ0n) is 10.5. The first-order chi connectivity index (χ1) is 8.74. The van der Waals surface area contributed by atoms with E-state index in [1.807, 2.05) is 0 Å². The van der Waals surface area contributed by atoms with Crippen LogP contribution in [0.1, 0.15) is 17.3 Å². The fourth-order valence-electron chi connectivity index (χ4n) is 1.72. The van der Waals surface area contributed by atoms with Gasteiger partial charge in [0.1, 0.15) is 0 Å². The van der Waals surface area contributed by atoms with Crippen molar-refractivity contribution in [1.82, 2.24) is 0 Å². The van der Waals surface area contributed by atoms with Crippen molar-refractivity contribution in [2.75, 3.05) is 37.8 Å². The minimum atomic E-state index is -0.394. The van der Waals surface area contributed by atoms with Crippen molar-refractivity contribution in [1.29, 1.82) is 0 Å². The number of para-hydroxylation sites is 1. The zero-order chi connectivity index (χ0) is 13.4. The van der Waals surface area contributed by atoms with E-state index in [0.29, 0.717) is 30.9 Å². The van der Waals surface area contributed by atoms with Gasteiger partial charge >= 0.3 is 5.97 Å². The van der Waals surface area contributed by atoms with Crippen LogP contribution >= 0.6 is 0 Å². The van der Waals surface area contributed by atoms with Crippen LogP contribution in [0, 0.1) is 0 Å². The average Bonchev–Trinajstić information content (AvgIpc) is 2.39. The molecular weight excluding hydrogens is 234 g/mol. The van der Waals surface area contributed by atoms with Gasteiger partial charge in [0.05, 0.1) is 31.1 Å². The monoisotopic (exact) mass is 253 g/mol. The third kappa shape index (κ3) is 3.72. The number of hydrogen-bond donors (Lipinski definition) is 2. The second-order valence-electron chi connectivity index (χ2n) is 3.67. The molecule has 0 unspecified atom stereocenters. The van der Waals surface area contributed by atoms with Gasteiger partial charge in [0.25, 0.3) is 0 Å². The molecule has 1 rings (SSSR count). The summed E-state index contributed by atoms with van der Waals surface area (Å²) in [6.45, 7) is 2.69. The molecule has 0 amide bonds. The lowest BCUT2D eigenvalue weighted by atomic mass is 10.1. The zero-order valence-corrected chi connectivity index (χ0v) is 10.5. The standard InChI is InChI=1S/C13H19NO4/c1-2-18-13(17)11-5-3-4-6-12(11)14(7-9-15)8-10-16/h3-6,15-16H,2,7-10H2,1H3. The predicted molar refractivity (Wildman–Crippen MR) is 68.8 cm³/mol. The van der Waals surface area contributed by atoms with Gasteiger partial charge in [-0.2, -0.15) is 0 Å². The first-order valence-electron chi connectivity index (χ1n) is 5.97. The Morgan fingerprint density at radius 1 is 1.22 bits per heavy atom. The Hall–Kier alpha value is -1.59. The van der Waals surface area contributed by atoms with Gasteiger partial charge in [-0.15, -0.1) is 0 Å². The Labute approximate surface area is 107 Å². The summed E-state index contributed by atoms with van der Waals surface area (Å²) in [7, 11) is 0. The van der Waals surface area contributed by atoms with Crippen LogP contribution < -0.4 is 4.90 Å². The van der Waals surface area contributed by atoms with Crippen LogP contribution in [0.25, 0.3) is 0 Å². The second kappa shape index (κ2) is 7.68. The van der Waals surface area contributed by atoms with Crippen LogP contribution in [0.2, 0.25) is 0 Å². The van der Waals surface area contributed by atoms with Gasteiger partial charge in [-0.25, -0.2) is 4.79 Å². The maximum absolute atomic E-state index is 11.8. The summed E-state index contributed by atoms with van der Waals surface area (Å²) >= 11 is 0. The van der Waals surface area contributed by atoms with Gasteiger partial charge in [0, 0.05) is 13.1 Å². The number of anilines is 1. The van der Waals surface area contributed by atoms with Crippen molar-refractivity contribution >= 4 is 11.7 Å². The number of aliphatic hydroxyl groups is 2. The van der Waals surface area contributed by atoms with Gasteiger partial charge in [0.15, 0.2) is 0 Å². The molecule has 5 heteroatoms. The molecular formula is C13H19NO4. The number of esters is 1. The van der Waals surface area contributed by atoms with Crippen LogP contribution in [0.5, 0.6) is 0 Å². The number of ether oxygens (including phenoxy) is 1. The summed E-state index contributed by atoms with van der Waals surface area (Å²) in [5, 5.41) is 18.0. The summed E-state index contributed by atoms with van der Waals surface area (Å²) in [5.41, 5.74) is 1.11. The van der Waals surface area contributed by atoms with Gasteiger partial charge < -0.3 is 19.8 Å². The molecule has 0 aliphatic heterocycles. The Kier molecular flexibility index (Phi) is 6.18. The predicted octanol–water partition coefficient (Wildman–Crippen LogP) is 0.654. The van der Waals surface area contributed by atoms with Crippen molar-refractivity contribution in [2.45, 2.75) is 6.92 Å². The largest absolute Gasteiger partial charge is 0.462 e. The highest BCUT2D eigenvalue weighted by atomic mass is 16.5. The van der Waals surface area contributed by atoms with Gasteiger partial charge in [-0.3, -0.25) is 0 Å². The molecule has 0 aliphatic carbocycles. The molecule has 0 saturated heterocycles. The average molecular weight is 253 g/mol. The molecule has 100 valence electrons. The van der Waals surface area contributed by atoms with Crippen molar-refractivity contribution in [3.05, 3.63) is 29.8 Å². The number of carbonyl (C=O) groups excluding carboxylic acids is 1. The molecule has 0 fully saturated rings. The van der Waals surface area contributed by atoms with E-state index in [4.69, 9.17) is 14.9 Å². The minimum Gasteiger partial charge on any atom is -0.462 e. The molecule has 0 bridgehead atoms. The molecule has 0 radical (unpaired) electrons. The summed E-state index contributed by atoms with van der Waals surface area (Å²) in [4.78, 5) is 13.6. The van der Waals surface area contributed by atoms with E-state index in [9.17, 15) is 4.79 Å². The highest BCUT2D eigenvalue weighted by Crippen LogP contribution is 2.20.